The van der Waals surface area contributed by atoms with Crippen molar-refractivity contribution in [3.05, 3.63) is 65.5 Å². The monoisotopic (exact) mass is 283 g/mol. The maximum atomic E-state index is 13.1. The Bertz CT molecular complexity index is 644. The fourth-order valence-electron chi connectivity index (χ4n) is 2.57. The minimum atomic E-state index is -0.276. The maximum Gasteiger partial charge on any atom is 0.123 e. The molecule has 0 saturated heterocycles. The number of nitrogens with zero attached hydrogens (tertiary/aromatic N) is 2. The minimum absolute atomic E-state index is 0.139. The molecule has 21 heavy (non-hydrogen) atoms. The molecule has 0 saturated carbocycles. The van der Waals surface area contributed by atoms with Crippen LogP contribution in [0.2, 0.25) is 0 Å². The summed E-state index contributed by atoms with van der Waals surface area (Å²) < 4.78 is 13.1. The molecule has 0 spiro atoms. The summed E-state index contributed by atoms with van der Waals surface area (Å²) in [5.74, 6) is -0.276. The van der Waals surface area contributed by atoms with Crippen molar-refractivity contribution in [1.82, 2.24) is 0 Å². The first-order valence-electron chi connectivity index (χ1n) is 6.77. The van der Waals surface area contributed by atoms with Gasteiger partial charge in [-0.2, -0.15) is 5.26 Å². The molecule has 2 aromatic rings. The molecule has 0 aliphatic heterocycles. The zero-order valence-electron chi connectivity index (χ0n) is 12.1. The highest BCUT2D eigenvalue weighted by Gasteiger charge is 2.23. The van der Waals surface area contributed by atoms with E-state index in [0.29, 0.717) is 5.56 Å². The lowest BCUT2D eigenvalue weighted by Crippen LogP contribution is -2.37. The molecule has 0 aromatic heterocycles. The number of nitrogens with two attached hydrogens (primary N) is 1. The third-order valence-corrected chi connectivity index (χ3v) is 3.53. The van der Waals surface area contributed by atoms with E-state index in [-0.39, 0.29) is 17.9 Å². The summed E-state index contributed by atoms with van der Waals surface area (Å²) >= 11 is 0. The molecule has 2 aromatic carbocycles. The van der Waals surface area contributed by atoms with Gasteiger partial charge in [0.1, 0.15) is 11.9 Å². The van der Waals surface area contributed by atoms with Crippen LogP contribution < -0.4 is 10.6 Å². The van der Waals surface area contributed by atoms with Crippen LogP contribution in [0.5, 0.6) is 0 Å². The summed E-state index contributed by atoms with van der Waals surface area (Å²) in [5, 5.41) is 9.24. The average Bonchev–Trinajstić information content (AvgIpc) is 2.49. The first kappa shape index (κ1) is 15.0. The predicted molar refractivity (Wildman–Crippen MR) is 82.4 cm³/mol. The van der Waals surface area contributed by atoms with E-state index in [1.54, 1.807) is 18.2 Å². The summed E-state index contributed by atoms with van der Waals surface area (Å²) in [6.45, 7) is 1.90. The average molecular weight is 283 g/mol. The van der Waals surface area contributed by atoms with E-state index >= 15 is 0 Å². The molecule has 2 unspecified atom stereocenters. The molecule has 2 N–H and O–H groups in total. The molecule has 0 aliphatic carbocycles. The van der Waals surface area contributed by atoms with Gasteiger partial charge >= 0.3 is 0 Å². The van der Waals surface area contributed by atoms with Gasteiger partial charge < -0.3 is 10.6 Å². The van der Waals surface area contributed by atoms with Gasteiger partial charge in [0.2, 0.25) is 0 Å². The molecule has 3 nitrogen and oxygen atoms in total. The third-order valence-electron chi connectivity index (χ3n) is 3.53. The van der Waals surface area contributed by atoms with Gasteiger partial charge in [0.25, 0.3) is 0 Å². The molecule has 0 heterocycles. The molecule has 4 heteroatoms. The number of benzene rings is 2. The van der Waals surface area contributed by atoms with Crippen LogP contribution in [0.15, 0.2) is 48.5 Å². The van der Waals surface area contributed by atoms with Gasteiger partial charge in [-0.1, -0.05) is 24.3 Å². The number of rotatable bonds is 4. The number of hydrogen-bond acceptors (Lipinski definition) is 3. The highest BCUT2D eigenvalue weighted by atomic mass is 19.1. The second-order valence-electron chi connectivity index (χ2n) is 5.10. The van der Waals surface area contributed by atoms with Crippen molar-refractivity contribution >= 4 is 5.69 Å². The van der Waals surface area contributed by atoms with Crippen LogP contribution in [-0.2, 0) is 0 Å². The van der Waals surface area contributed by atoms with Crippen molar-refractivity contribution in [2.45, 2.75) is 19.0 Å². The zero-order valence-corrected chi connectivity index (χ0v) is 12.1. The van der Waals surface area contributed by atoms with E-state index in [1.807, 2.05) is 37.1 Å². The van der Waals surface area contributed by atoms with Gasteiger partial charge in [-0.25, -0.2) is 4.39 Å². The van der Waals surface area contributed by atoms with Gasteiger partial charge in [0, 0.05) is 13.1 Å². The number of anilines is 1. The largest absolute Gasteiger partial charge is 0.365 e. The number of likely N-dealkylation sites (N-methyl/N-ethyl adjacent to an activating group) is 1. The summed E-state index contributed by atoms with van der Waals surface area (Å²) in [4.78, 5) is 1.97. The zero-order chi connectivity index (χ0) is 15.4. The number of nitriles is 1. The fraction of sp³-hybridized carbons (Fsp3) is 0.235. The lowest BCUT2D eigenvalue weighted by Gasteiger charge is -2.33. The summed E-state index contributed by atoms with van der Waals surface area (Å²) in [5.41, 5.74) is 8.44. The Morgan fingerprint density at radius 1 is 1.14 bits per heavy atom. The SMILES string of the molecule is CC(N)C(c1ccc(F)cc1)N(C)c1ccccc1C#N. The van der Waals surface area contributed by atoms with E-state index in [2.05, 4.69) is 6.07 Å². The van der Waals surface area contributed by atoms with Gasteiger partial charge in [0.15, 0.2) is 0 Å². The van der Waals surface area contributed by atoms with Gasteiger partial charge in [0.05, 0.1) is 17.3 Å². The molecule has 0 amide bonds. The lowest BCUT2D eigenvalue weighted by atomic mass is 9.98. The van der Waals surface area contributed by atoms with Crippen LogP contribution in [0, 0.1) is 17.1 Å². The Kier molecular flexibility index (Phi) is 4.56. The van der Waals surface area contributed by atoms with Crippen molar-refractivity contribution in [1.29, 1.82) is 5.26 Å². The smallest absolute Gasteiger partial charge is 0.123 e. The molecule has 2 rings (SSSR count). The fourth-order valence-corrected chi connectivity index (χ4v) is 2.57. The van der Waals surface area contributed by atoms with E-state index in [0.717, 1.165) is 11.3 Å². The van der Waals surface area contributed by atoms with Crippen LogP contribution >= 0.6 is 0 Å². The molecular weight excluding hydrogens is 265 g/mol. The van der Waals surface area contributed by atoms with Gasteiger partial charge in [-0.15, -0.1) is 0 Å². The Morgan fingerprint density at radius 2 is 1.76 bits per heavy atom. The molecule has 2 atom stereocenters. The predicted octanol–water partition coefficient (Wildman–Crippen LogP) is 3.22. The first-order chi connectivity index (χ1) is 10.0. The minimum Gasteiger partial charge on any atom is -0.365 e. The Labute approximate surface area is 124 Å². The molecule has 0 aliphatic rings. The Morgan fingerprint density at radius 3 is 2.33 bits per heavy atom. The first-order valence-corrected chi connectivity index (χ1v) is 6.77. The summed E-state index contributed by atoms with van der Waals surface area (Å²) in [6.07, 6.45) is 0. The number of para-hydroxylation sites is 1. The third kappa shape index (κ3) is 3.21. The normalized spacial score (nSPS) is 13.3. The van der Waals surface area contributed by atoms with Crippen LogP contribution in [0.1, 0.15) is 24.1 Å². The Hall–Kier alpha value is -2.38. The van der Waals surface area contributed by atoms with Crippen molar-refractivity contribution in [2.24, 2.45) is 5.73 Å². The van der Waals surface area contributed by atoms with Crippen LogP contribution in [0.25, 0.3) is 0 Å². The standard InChI is InChI=1S/C17H18FN3/c1-12(20)17(13-7-9-15(18)10-8-13)21(2)16-6-4-3-5-14(16)11-19/h3-10,12,17H,20H2,1-2H3. The topological polar surface area (TPSA) is 53.0 Å². The quantitative estimate of drug-likeness (QED) is 0.937. The molecular formula is C17H18FN3. The summed E-state index contributed by atoms with van der Waals surface area (Å²) in [6, 6.07) is 15.6. The van der Waals surface area contributed by atoms with E-state index in [4.69, 9.17) is 5.73 Å². The molecule has 0 bridgehead atoms. The van der Waals surface area contributed by atoms with Crippen LogP contribution in [0.3, 0.4) is 0 Å². The number of hydrogen-bond donors (Lipinski definition) is 1. The van der Waals surface area contributed by atoms with Gasteiger partial charge in [-0.05, 0) is 36.8 Å². The maximum absolute atomic E-state index is 13.1. The second-order valence-corrected chi connectivity index (χ2v) is 5.10. The van der Waals surface area contributed by atoms with Crippen molar-refractivity contribution in [3.63, 3.8) is 0 Å². The van der Waals surface area contributed by atoms with E-state index in [9.17, 15) is 9.65 Å². The highest BCUT2D eigenvalue weighted by Crippen LogP contribution is 2.30. The van der Waals surface area contributed by atoms with Gasteiger partial charge in [-0.3, -0.25) is 0 Å². The van der Waals surface area contributed by atoms with Crippen molar-refractivity contribution in [3.8, 4) is 6.07 Å². The summed E-state index contributed by atoms with van der Waals surface area (Å²) in [7, 11) is 1.90. The van der Waals surface area contributed by atoms with Crippen LogP contribution in [-0.4, -0.2) is 13.1 Å². The number of halogens is 1. The van der Waals surface area contributed by atoms with Crippen molar-refractivity contribution in [2.75, 3.05) is 11.9 Å². The van der Waals surface area contributed by atoms with Crippen LogP contribution in [0.4, 0.5) is 10.1 Å². The molecule has 0 fully saturated rings. The lowest BCUT2D eigenvalue weighted by molar-refractivity contribution is 0.555. The second kappa shape index (κ2) is 6.38. The molecule has 0 radical (unpaired) electrons. The van der Waals surface area contributed by atoms with E-state index in [1.165, 1.54) is 12.1 Å². The Balaban J connectivity index is 2.43. The van der Waals surface area contributed by atoms with E-state index < -0.39 is 0 Å². The van der Waals surface area contributed by atoms with Crippen molar-refractivity contribution < 1.29 is 4.39 Å². The molecule has 108 valence electrons. The highest BCUT2D eigenvalue weighted by molar-refractivity contribution is 5.60.